The van der Waals surface area contributed by atoms with Crippen molar-refractivity contribution in [1.29, 1.82) is 0 Å². The molecule has 0 radical (unpaired) electrons. The molecule has 0 amide bonds. The Labute approximate surface area is 219 Å². The molecule has 0 aliphatic carbocycles. The van der Waals surface area contributed by atoms with Gasteiger partial charge in [-0.05, 0) is 75.5 Å². The molecule has 2 heterocycles. The van der Waals surface area contributed by atoms with Crippen LogP contribution in [0.3, 0.4) is 0 Å². The Morgan fingerprint density at radius 1 is 0.892 bits per heavy atom. The fraction of sp³-hybridized carbons (Fsp3) is 0.520. The molecule has 0 unspecified atom stereocenters. The zero-order valence-corrected chi connectivity index (χ0v) is 22.7. The van der Waals surface area contributed by atoms with E-state index in [2.05, 4.69) is 9.74 Å². The summed E-state index contributed by atoms with van der Waals surface area (Å²) >= 11 is 0. The second-order valence-corrected chi connectivity index (χ2v) is 12.8. The molecular weight excluding hydrogens is 518 g/mol. The van der Waals surface area contributed by atoms with Gasteiger partial charge in [0.05, 0.1) is 13.2 Å². The summed E-state index contributed by atoms with van der Waals surface area (Å²) in [5, 5.41) is 0. The van der Waals surface area contributed by atoms with Gasteiger partial charge in [-0.1, -0.05) is 12.1 Å². The molecule has 2 aliphatic rings. The van der Waals surface area contributed by atoms with Crippen LogP contribution in [0.4, 0.5) is 0 Å². The van der Waals surface area contributed by atoms with E-state index in [0.29, 0.717) is 44.5 Å². The summed E-state index contributed by atoms with van der Waals surface area (Å²) in [7, 11) is -8.50. The van der Waals surface area contributed by atoms with E-state index in [0.717, 1.165) is 31.5 Å². The quantitative estimate of drug-likeness (QED) is 0.254. The van der Waals surface area contributed by atoms with Crippen LogP contribution in [0.1, 0.15) is 37.7 Å². The number of likely N-dealkylation sites (tertiary alicyclic amines) is 1. The van der Waals surface area contributed by atoms with Crippen LogP contribution in [0.25, 0.3) is 0 Å². The van der Waals surface area contributed by atoms with Crippen LogP contribution in [0.2, 0.25) is 0 Å². The zero-order chi connectivity index (χ0) is 26.5. The molecule has 2 N–H and O–H groups in total. The Morgan fingerprint density at radius 3 is 2.22 bits per heavy atom. The van der Waals surface area contributed by atoms with Crippen molar-refractivity contribution in [3.05, 3.63) is 48.0 Å². The predicted molar refractivity (Wildman–Crippen MR) is 138 cm³/mol. The summed E-state index contributed by atoms with van der Waals surface area (Å²) in [5.41, 5.74) is 0.722. The number of aryl methyl sites for hydroxylation is 1. The first kappa shape index (κ1) is 27.8. The minimum atomic E-state index is -4.46. The monoisotopic (exact) mass is 553 g/mol. The third-order valence-corrected chi connectivity index (χ3v) is 10.1. The maximum atomic E-state index is 13.6. The van der Waals surface area contributed by atoms with Crippen molar-refractivity contribution >= 4 is 20.1 Å². The van der Waals surface area contributed by atoms with Crippen LogP contribution < -0.4 is 14.8 Å². The van der Waals surface area contributed by atoms with Crippen molar-refractivity contribution in [2.24, 2.45) is 5.90 Å². The van der Waals surface area contributed by atoms with Crippen LogP contribution in [0.15, 0.2) is 52.3 Å². The third-order valence-electron chi connectivity index (χ3n) is 6.72. The second-order valence-electron chi connectivity index (χ2n) is 9.42. The van der Waals surface area contributed by atoms with Gasteiger partial charge in [0.1, 0.15) is 21.3 Å². The lowest BCUT2D eigenvalue weighted by Crippen LogP contribution is -2.46. The highest BCUT2D eigenvalue weighted by Gasteiger charge is 2.36. The van der Waals surface area contributed by atoms with Gasteiger partial charge in [-0.25, -0.2) is 14.3 Å². The molecule has 2 aromatic carbocycles. The number of hydrogen-bond acceptors (Lipinski definition) is 9. The molecule has 0 saturated carbocycles. The van der Waals surface area contributed by atoms with Crippen molar-refractivity contribution in [2.75, 3.05) is 39.4 Å². The summed E-state index contributed by atoms with van der Waals surface area (Å²) in [6.07, 6.45) is 4.38. The van der Waals surface area contributed by atoms with Gasteiger partial charge < -0.3 is 18.7 Å². The molecular formula is C25H35N3O7S2. The molecule has 0 aromatic heterocycles. The Balaban J connectivity index is 1.52. The topological polar surface area (TPSA) is 128 Å². The van der Waals surface area contributed by atoms with Gasteiger partial charge in [0.15, 0.2) is 0 Å². The molecule has 2 fully saturated rings. The van der Waals surface area contributed by atoms with E-state index in [1.54, 1.807) is 19.1 Å². The first-order valence-electron chi connectivity index (χ1n) is 12.5. The summed E-state index contributed by atoms with van der Waals surface area (Å²) < 4.78 is 66.2. The average Bonchev–Trinajstić information content (AvgIpc) is 3.41. The largest absolute Gasteiger partial charge is 0.493 e. The van der Waals surface area contributed by atoms with E-state index >= 15 is 0 Å². The minimum Gasteiger partial charge on any atom is -0.493 e. The van der Waals surface area contributed by atoms with Crippen LogP contribution in [0, 0.1) is 6.92 Å². The van der Waals surface area contributed by atoms with Gasteiger partial charge in [0.25, 0.3) is 0 Å². The molecule has 0 spiro atoms. The summed E-state index contributed by atoms with van der Waals surface area (Å²) in [5.74, 6) is 5.46. The smallest absolute Gasteiger partial charge is 0.340 e. The molecule has 2 aliphatic heterocycles. The number of sulfonamides is 1. The fourth-order valence-corrected chi connectivity index (χ4v) is 8.08. The maximum absolute atomic E-state index is 13.6. The standard InChI is InChI=1S/C25H35N3O7S2/c1-20-17-22(33-15-6-16-34-26)19-23(18-20)35-37(31,32)25-8-3-2-7-24(25)36(29,30)28-13-9-21(10-14-28)27-11-4-5-12-27/h2-3,7-8,17-19,21H,4-6,9-16,26H2,1H3. The van der Waals surface area contributed by atoms with Gasteiger partial charge in [-0.2, -0.15) is 12.7 Å². The number of ether oxygens (including phenoxy) is 1. The molecule has 2 saturated heterocycles. The van der Waals surface area contributed by atoms with Crippen molar-refractivity contribution in [1.82, 2.24) is 9.21 Å². The molecule has 10 nitrogen and oxygen atoms in total. The molecule has 37 heavy (non-hydrogen) atoms. The van der Waals surface area contributed by atoms with Gasteiger partial charge >= 0.3 is 10.1 Å². The van der Waals surface area contributed by atoms with E-state index < -0.39 is 20.1 Å². The maximum Gasteiger partial charge on any atom is 0.340 e. The average molecular weight is 554 g/mol. The molecule has 2 aromatic rings. The number of piperidine rings is 1. The number of nitrogens with two attached hydrogens (primary N) is 1. The molecule has 204 valence electrons. The number of rotatable bonds is 11. The van der Waals surface area contributed by atoms with Crippen LogP contribution in [0.5, 0.6) is 11.5 Å². The van der Waals surface area contributed by atoms with Crippen molar-refractivity contribution in [3.8, 4) is 11.5 Å². The van der Waals surface area contributed by atoms with Crippen molar-refractivity contribution in [3.63, 3.8) is 0 Å². The fourth-order valence-electron chi connectivity index (χ4n) is 4.91. The summed E-state index contributed by atoms with van der Waals surface area (Å²) in [6, 6.07) is 10.7. The Kier molecular flexibility index (Phi) is 9.09. The first-order valence-corrected chi connectivity index (χ1v) is 15.4. The SMILES string of the molecule is Cc1cc(OCCCON)cc(OS(=O)(=O)c2ccccc2S(=O)(=O)N2CCC(N3CCCC3)CC2)c1. The molecule has 12 heteroatoms. The summed E-state index contributed by atoms with van der Waals surface area (Å²) in [6.45, 7) is 5.25. The van der Waals surface area contributed by atoms with Gasteiger partial charge in [-0.3, -0.25) is 0 Å². The van der Waals surface area contributed by atoms with E-state index in [-0.39, 0.29) is 15.5 Å². The number of benzene rings is 2. The predicted octanol–water partition coefficient (Wildman–Crippen LogP) is 2.67. The second kappa shape index (κ2) is 12.1. The highest BCUT2D eigenvalue weighted by Crippen LogP contribution is 2.31. The van der Waals surface area contributed by atoms with Crippen molar-refractivity contribution < 1.29 is 30.6 Å². The third kappa shape index (κ3) is 6.81. The van der Waals surface area contributed by atoms with Gasteiger partial charge in [-0.15, -0.1) is 0 Å². The first-order chi connectivity index (χ1) is 17.7. The zero-order valence-electron chi connectivity index (χ0n) is 21.0. The van der Waals surface area contributed by atoms with Crippen LogP contribution in [-0.4, -0.2) is 71.5 Å². The lowest BCUT2D eigenvalue weighted by atomic mass is 10.1. The Morgan fingerprint density at radius 2 is 1.54 bits per heavy atom. The molecule has 0 bridgehead atoms. The van der Waals surface area contributed by atoms with Crippen molar-refractivity contribution in [2.45, 2.75) is 54.9 Å². The van der Waals surface area contributed by atoms with E-state index in [9.17, 15) is 16.8 Å². The molecule has 4 rings (SSSR count). The lowest BCUT2D eigenvalue weighted by Gasteiger charge is -2.36. The molecule has 0 atom stereocenters. The lowest BCUT2D eigenvalue weighted by molar-refractivity contribution is 0.122. The highest BCUT2D eigenvalue weighted by molar-refractivity contribution is 7.91. The number of nitrogens with zero attached hydrogens (tertiary/aromatic N) is 2. The number of hydrogen-bond donors (Lipinski definition) is 1. The minimum absolute atomic E-state index is 0.0312. The van der Waals surface area contributed by atoms with Gasteiger partial charge in [0.2, 0.25) is 10.0 Å². The van der Waals surface area contributed by atoms with Gasteiger partial charge in [0, 0.05) is 31.6 Å². The van der Waals surface area contributed by atoms with E-state index in [1.807, 2.05) is 0 Å². The summed E-state index contributed by atoms with van der Waals surface area (Å²) in [4.78, 5) is 6.28. The Bertz CT molecular complexity index is 1270. The van der Waals surface area contributed by atoms with E-state index in [4.69, 9.17) is 14.8 Å². The normalized spacial score (nSPS) is 18.2. The van der Waals surface area contributed by atoms with Crippen LogP contribution >= 0.6 is 0 Å². The van der Waals surface area contributed by atoms with Crippen LogP contribution in [-0.2, 0) is 25.0 Å². The Hall–Kier alpha value is -2.22. The van der Waals surface area contributed by atoms with E-state index in [1.165, 1.54) is 47.5 Å². The highest BCUT2D eigenvalue weighted by atomic mass is 32.2.